The molecular formula is C18H13ClFN3O3S. The van der Waals surface area contributed by atoms with Crippen LogP contribution in [0.3, 0.4) is 0 Å². The van der Waals surface area contributed by atoms with E-state index in [9.17, 15) is 18.8 Å². The minimum Gasteiger partial charge on any atom is -0.342 e. The van der Waals surface area contributed by atoms with Crippen molar-refractivity contribution in [3.63, 3.8) is 0 Å². The van der Waals surface area contributed by atoms with Crippen LogP contribution in [-0.2, 0) is 4.79 Å². The van der Waals surface area contributed by atoms with Gasteiger partial charge in [0.15, 0.2) is 0 Å². The number of halogens is 2. The van der Waals surface area contributed by atoms with Gasteiger partial charge in [-0.2, -0.15) is 0 Å². The summed E-state index contributed by atoms with van der Waals surface area (Å²) in [6, 6.07) is 12.1. The molecule has 0 aliphatic heterocycles. The molecule has 0 saturated carbocycles. The van der Waals surface area contributed by atoms with Crippen LogP contribution in [0, 0.1) is 5.82 Å². The molecule has 0 radical (unpaired) electrons. The Morgan fingerprint density at radius 2 is 1.67 bits per heavy atom. The second-order valence-corrected chi connectivity index (χ2v) is 6.86. The van der Waals surface area contributed by atoms with Crippen molar-refractivity contribution in [2.45, 2.75) is 0 Å². The van der Waals surface area contributed by atoms with Gasteiger partial charge in [-0.05, 0) is 30.3 Å². The van der Waals surface area contributed by atoms with Crippen LogP contribution in [0.15, 0.2) is 48.5 Å². The molecule has 2 aromatic carbocycles. The molecule has 3 rings (SSSR count). The average molecular weight is 406 g/mol. The van der Waals surface area contributed by atoms with Crippen molar-refractivity contribution < 1.29 is 18.8 Å². The third-order valence-electron chi connectivity index (χ3n) is 3.57. The van der Waals surface area contributed by atoms with E-state index >= 15 is 0 Å². The monoisotopic (exact) mass is 405 g/mol. The zero-order chi connectivity index (χ0) is 19.4. The number of carbonyl (C=O) groups excluding carboxylic acids is 3. The number of carbonyl (C=O) groups is 3. The summed E-state index contributed by atoms with van der Waals surface area (Å²) < 4.78 is 13.7. The van der Waals surface area contributed by atoms with Gasteiger partial charge in [0.25, 0.3) is 17.7 Å². The first kappa shape index (κ1) is 18.8. The van der Waals surface area contributed by atoms with Crippen LogP contribution in [-0.4, -0.2) is 24.3 Å². The Morgan fingerprint density at radius 3 is 2.37 bits per heavy atom. The first-order chi connectivity index (χ1) is 13.0. The fourth-order valence-electron chi connectivity index (χ4n) is 2.25. The fraction of sp³-hybridized carbons (Fsp3) is 0.0556. The highest BCUT2D eigenvalue weighted by atomic mass is 35.5. The van der Waals surface area contributed by atoms with Crippen LogP contribution >= 0.6 is 22.9 Å². The minimum absolute atomic E-state index is 0.179. The van der Waals surface area contributed by atoms with E-state index in [0.29, 0.717) is 9.90 Å². The zero-order valence-corrected chi connectivity index (χ0v) is 15.3. The van der Waals surface area contributed by atoms with Gasteiger partial charge >= 0.3 is 0 Å². The number of hydrazine groups is 1. The molecule has 0 atom stereocenters. The average Bonchev–Trinajstić information content (AvgIpc) is 3.02. The lowest BCUT2D eigenvalue weighted by Gasteiger charge is -2.08. The molecule has 0 bridgehead atoms. The van der Waals surface area contributed by atoms with Gasteiger partial charge in [-0.15, -0.1) is 11.3 Å². The Morgan fingerprint density at radius 1 is 0.963 bits per heavy atom. The van der Waals surface area contributed by atoms with Crippen molar-refractivity contribution in [1.82, 2.24) is 16.2 Å². The van der Waals surface area contributed by atoms with Crippen LogP contribution in [0.1, 0.15) is 20.0 Å². The maximum Gasteiger partial charge on any atom is 0.269 e. The molecule has 0 fully saturated rings. The lowest BCUT2D eigenvalue weighted by atomic mass is 10.2. The third kappa shape index (κ3) is 4.42. The van der Waals surface area contributed by atoms with E-state index in [0.717, 1.165) is 22.2 Å². The smallest absolute Gasteiger partial charge is 0.269 e. The summed E-state index contributed by atoms with van der Waals surface area (Å²) in [5, 5.41) is 3.55. The quantitative estimate of drug-likeness (QED) is 0.583. The number of thiophene rings is 1. The van der Waals surface area contributed by atoms with E-state index in [1.54, 1.807) is 0 Å². The number of amides is 3. The number of rotatable bonds is 4. The van der Waals surface area contributed by atoms with Gasteiger partial charge in [0.1, 0.15) is 10.7 Å². The largest absolute Gasteiger partial charge is 0.342 e. The van der Waals surface area contributed by atoms with E-state index in [1.807, 2.05) is 24.3 Å². The first-order valence-electron chi connectivity index (χ1n) is 7.75. The molecule has 0 aliphatic rings. The van der Waals surface area contributed by atoms with Crippen molar-refractivity contribution in [2.24, 2.45) is 0 Å². The molecule has 1 aromatic heterocycles. The maximum absolute atomic E-state index is 12.8. The molecule has 0 unspecified atom stereocenters. The molecule has 0 saturated heterocycles. The lowest BCUT2D eigenvalue weighted by molar-refractivity contribution is -0.120. The highest BCUT2D eigenvalue weighted by Crippen LogP contribution is 2.34. The second kappa shape index (κ2) is 8.15. The topological polar surface area (TPSA) is 87.3 Å². The molecule has 1 heterocycles. The van der Waals surface area contributed by atoms with Crippen molar-refractivity contribution in [2.75, 3.05) is 6.54 Å². The number of hydrogen-bond donors (Lipinski definition) is 3. The summed E-state index contributed by atoms with van der Waals surface area (Å²) in [6.07, 6.45) is 0. The maximum atomic E-state index is 12.8. The summed E-state index contributed by atoms with van der Waals surface area (Å²) in [5.74, 6) is -2.20. The predicted molar refractivity (Wildman–Crippen MR) is 101 cm³/mol. The van der Waals surface area contributed by atoms with Crippen LogP contribution in [0.5, 0.6) is 0 Å². The van der Waals surface area contributed by atoms with E-state index < -0.39 is 23.5 Å². The third-order valence-corrected chi connectivity index (χ3v) is 5.25. The Bertz CT molecular complexity index is 1020. The summed E-state index contributed by atoms with van der Waals surface area (Å²) in [6.45, 7) is -0.354. The lowest BCUT2D eigenvalue weighted by Crippen LogP contribution is -2.46. The Balaban J connectivity index is 1.52. The fourth-order valence-corrected chi connectivity index (χ4v) is 3.68. The van der Waals surface area contributed by atoms with E-state index in [2.05, 4.69) is 16.2 Å². The number of fused-ring (bicyclic) bond motifs is 1. The zero-order valence-electron chi connectivity index (χ0n) is 13.7. The van der Waals surface area contributed by atoms with Gasteiger partial charge in [0, 0.05) is 15.6 Å². The predicted octanol–water partition coefficient (Wildman–Crippen LogP) is 2.88. The summed E-state index contributed by atoms with van der Waals surface area (Å²) >= 11 is 7.44. The molecule has 27 heavy (non-hydrogen) atoms. The van der Waals surface area contributed by atoms with Gasteiger partial charge in [0.2, 0.25) is 0 Å². The summed E-state index contributed by atoms with van der Waals surface area (Å²) in [7, 11) is 0. The molecule has 3 N–H and O–H groups in total. The Kier molecular flexibility index (Phi) is 5.68. The van der Waals surface area contributed by atoms with Crippen LogP contribution in [0.25, 0.3) is 10.1 Å². The molecule has 3 aromatic rings. The SMILES string of the molecule is O=C(CNC(=O)c1sc2ccccc2c1Cl)NNC(=O)c1ccc(F)cc1. The molecule has 138 valence electrons. The molecule has 9 heteroatoms. The van der Waals surface area contributed by atoms with Crippen LogP contribution < -0.4 is 16.2 Å². The van der Waals surface area contributed by atoms with Gasteiger partial charge in [-0.1, -0.05) is 29.8 Å². The van der Waals surface area contributed by atoms with Gasteiger partial charge in [0.05, 0.1) is 11.6 Å². The van der Waals surface area contributed by atoms with E-state index in [4.69, 9.17) is 11.6 Å². The summed E-state index contributed by atoms with van der Waals surface area (Å²) in [5.41, 5.74) is 4.52. The normalized spacial score (nSPS) is 10.4. The number of benzene rings is 2. The molecule has 3 amide bonds. The molecule has 6 nitrogen and oxygen atoms in total. The van der Waals surface area contributed by atoms with Crippen molar-refractivity contribution >= 4 is 50.7 Å². The van der Waals surface area contributed by atoms with E-state index in [-0.39, 0.29) is 12.1 Å². The molecule has 0 spiro atoms. The first-order valence-corrected chi connectivity index (χ1v) is 8.95. The van der Waals surface area contributed by atoms with Crippen LogP contribution in [0.2, 0.25) is 5.02 Å². The Hall–Kier alpha value is -2.97. The second-order valence-electron chi connectivity index (χ2n) is 5.43. The van der Waals surface area contributed by atoms with Crippen molar-refractivity contribution in [1.29, 1.82) is 0 Å². The standard InChI is InChI=1S/C18H13ClFN3O3S/c19-15-12-3-1-2-4-13(12)27-16(15)18(26)21-9-14(24)22-23-17(25)10-5-7-11(20)8-6-10/h1-8H,9H2,(H,21,26)(H,22,24)(H,23,25). The van der Waals surface area contributed by atoms with Gasteiger partial charge in [-0.3, -0.25) is 25.2 Å². The number of nitrogens with one attached hydrogen (secondary N) is 3. The van der Waals surface area contributed by atoms with Crippen molar-refractivity contribution in [3.05, 3.63) is 69.8 Å². The highest BCUT2D eigenvalue weighted by Gasteiger charge is 2.17. The summed E-state index contributed by atoms with van der Waals surface area (Å²) in [4.78, 5) is 36.2. The van der Waals surface area contributed by atoms with Crippen molar-refractivity contribution in [3.8, 4) is 0 Å². The minimum atomic E-state index is -0.629. The van der Waals surface area contributed by atoms with Crippen LogP contribution in [0.4, 0.5) is 4.39 Å². The number of hydrogen-bond acceptors (Lipinski definition) is 4. The Labute approximate surface area is 162 Å². The molecule has 0 aliphatic carbocycles. The van der Waals surface area contributed by atoms with E-state index in [1.165, 1.54) is 23.5 Å². The van der Waals surface area contributed by atoms with Gasteiger partial charge in [-0.25, -0.2) is 4.39 Å². The highest BCUT2D eigenvalue weighted by molar-refractivity contribution is 7.21. The van der Waals surface area contributed by atoms with Gasteiger partial charge < -0.3 is 5.32 Å². The molecular weight excluding hydrogens is 393 g/mol.